The Kier molecular flexibility index (Phi) is 2.91. The molecule has 0 spiro atoms. The van der Waals surface area contributed by atoms with Crippen molar-refractivity contribution in [1.29, 1.82) is 0 Å². The topological polar surface area (TPSA) is 62.2 Å². The highest BCUT2D eigenvalue weighted by Crippen LogP contribution is 2.22. The molecule has 1 fully saturated rings. The number of hydrogen-bond acceptors (Lipinski definition) is 3. The maximum absolute atomic E-state index is 11.9. The fraction of sp³-hybridized carbons (Fsp3) is 0.538. The first-order valence-corrected chi connectivity index (χ1v) is 6.60. The number of aromatic nitrogens is 3. The van der Waals surface area contributed by atoms with Crippen molar-refractivity contribution >= 4 is 5.65 Å². The minimum Gasteiger partial charge on any atom is -0.316 e. The first-order valence-electron chi connectivity index (χ1n) is 6.60. The lowest BCUT2D eigenvalue weighted by Gasteiger charge is -2.21. The normalized spacial score (nSPS) is 20.4. The molecule has 1 atom stereocenters. The van der Waals surface area contributed by atoms with Gasteiger partial charge in [0.1, 0.15) is 0 Å². The van der Waals surface area contributed by atoms with Crippen LogP contribution in [0.4, 0.5) is 0 Å². The van der Waals surface area contributed by atoms with Gasteiger partial charge in [-0.1, -0.05) is 6.92 Å². The van der Waals surface area contributed by atoms with Gasteiger partial charge in [-0.15, -0.1) is 0 Å². The van der Waals surface area contributed by atoms with Crippen LogP contribution in [0.15, 0.2) is 16.9 Å². The van der Waals surface area contributed by atoms with Crippen LogP contribution in [0.3, 0.4) is 0 Å². The zero-order valence-corrected chi connectivity index (χ0v) is 10.6. The fourth-order valence-electron chi connectivity index (χ4n) is 2.57. The summed E-state index contributed by atoms with van der Waals surface area (Å²) >= 11 is 0. The van der Waals surface area contributed by atoms with Gasteiger partial charge in [-0.2, -0.15) is 0 Å². The highest BCUT2D eigenvalue weighted by molar-refractivity contribution is 5.40. The van der Waals surface area contributed by atoms with Crippen LogP contribution in [-0.4, -0.2) is 27.7 Å². The molecule has 1 saturated heterocycles. The van der Waals surface area contributed by atoms with E-state index in [9.17, 15) is 4.79 Å². The van der Waals surface area contributed by atoms with Gasteiger partial charge in [0, 0.05) is 36.0 Å². The number of hydrogen-bond donors (Lipinski definition) is 2. The summed E-state index contributed by atoms with van der Waals surface area (Å²) < 4.78 is 1.54. The summed E-state index contributed by atoms with van der Waals surface area (Å²) in [5.74, 6) is 0.463. The van der Waals surface area contributed by atoms with Crippen LogP contribution in [0, 0.1) is 0 Å². The molecule has 0 aliphatic carbocycles. The Morgan fingerprint density at radius 2 is 2.39 bits per heavy atom. The van der Waals surface area contributed by atoms with E-state index in [1.807, 2.05) is 13.0 Å². The third-order valence-corrected chi connectivity index (χ3v) is 3.62. The molecule has 0 bridgehead atoms. The molecule has 0 radical (unpaired) electrons. The minimum absolute atomic E-state index is 0.0214. The number of nitrogens with zero attached hydrogens (tertiary/aromatic N) is 2. The zero-order chi connectivity index (χ0) is 12.5. The molecule has 0 saturated carbocycles. The average Bonchev–Trinajstić information content (AvgIpc) is 2.84. The van der Waals surface area contributed by atoms with E-state index in [4.69, 9.17) is 0 Å². The number of nitrogens with one attached hydrogen (secondary N) is 2. The SMILES string of the molecule is CCc1cc(=O)n2[nH]c([C@H]3CCCNC3)cc2n1. The summed E-state index contributed by atoms with van der Waals surface area (Å²) in [4.78, 5) is 16.4. The summed E-state index contributed by atoms with van der Waals surface area (Å²) in [5.41, 5.74) is 2.68. The smallest absolute Gasteiger partial charge is 0.272 e. The number of aryl methyl sites for hydroxylation is 1. The summed E-state index contributed by atoms with van der Waals surface area (Å²) in [6.45, 7) is 4.08. The molecule has 0 amide bonds. The second-order valence-corrected chi connectivity index (χ2v) is 4.89. The zero-order valence-electron chi connectivity index (χ0n) is 10.6. The van der Waals surface area contributed by atoms with Crippen molar-refractivity contribution < 1.29 is 0 Å². The lowest BCUT2D eigenvalue weighted by Crippen LogP contribution is -2.28. The molecule has 2 N–H and O–H groups in total. The van der Waals surface area contributed by atoms with Gasteiger partial charge < -0.3 is 5.32 Å². The van der Waals surface area contributed by atoms with Gasteiger partial charge in [-0.3, -0.25) is 9.89 Å². The van der Waals surface area contributed by atoms with Gasteiger partial charge in [0.25, 0.3) is 5.56 Å². The van der Waals surface area contributed by atoms with Gasteiger partial charge in [-0.05, 0) is 25.8 Å². The average molecular weight is 246 g/mol. The lowest BCUT2D eigenvalue weighted by molar-refractivity contribution is 0.453. The summed E-state index contributed by atoms with van der Waals surface area (Å²) in [6.07, 6.45) is 3.13. The van der Waals surface area contributed by atoms with Gasteiger partial charge in [0.15, 0.2) is 5.65 Å². The summed E-state index contributed by atoms with van der Waals surface area (Å²) in [6, 6.07) is 3.62. The van der Waals surface area contributed by atoms with Crippen LogP contribution in [-0.2, 0) is 6.42 Å². The first kappa shape index (κ1) is 11.5. The predicted octanol–water partition coefficient (Wildman–Crippen LogP) is 1.05. The van der Waals surface area contributed by atoms with Crippen molar-refractivity contribution in [1.82, 2.24) is 19.9 Å². The highest BCUT2D eigenvalue weighted by atomic mass is 16.1. The molecule has 3 heterocycles. The highest BCUT2D eigenvalue weighted by Gasteiger charge is 2.18. The van der Waals surface area contributed by atoms with E-state index in [2.05, 4.69) is 15.4 Å². The van der Waals surface area contributed by atoms with Crippen LogP contribution in [0.5, 0.6) is 0 Å². The van der Waals surface area contributed by atoms with Gasteiger partial charge >= 0.3 is 0 Å². The van der Waals surface area contributed by atoms with E-state index < -0.39 is 0 Å². The van der Waals surface area contributed by atoms with E-state index in [0.717, 1.165) is 43.0 Å². The van der Waals surface area contributed by atoms with Crippen molar-refractivity contribution in [2.75, 3.05) is 13.1 Å². The van der Waals surface area contributed by atoms with Gasteiger partial charge in [0.05, 0.1) is 0 Å². The number of rotatable bonds is 2. The molecule has 3 rings (SSSR count). The number of H-pyrrole nitrogens is 1. The summed E-state index contributed by atoms with van der Waals surface area (Å²) in [5, 5.41) is 6.57. The van der Waals surface area contributed by atoms with Crippen molar-refractivity contribution in [3.63, 3.8) is 0 Å². The second-order valence-electron chi connectivity index (χ2n) is 4.89. The van der Waals surface area contributed by atoms with E-state index in [1.54, 1.807) is 10.6 Å². The molecular weight excluding hydrogens is 228 g/mol. The number of piperidine rings is 1. The quantitative estimate of drug-likeness (QED) is 0.832. The Labute approximate surface area is 105 Å². The minimum atomic E-state index is -0.0214. The molecule has 5 heteroatoms. The van der Waals surface area contributed by atoms with Gasteiger partial charge in [0.2, 0.25) is 0 Å². The van der Waals surface area contributed by atoms with Crippen LogP contribution < -0.4 is 10.9 Å². The van der Waals surface area contributed by atoms with Crippen molar-refractivity contribution in [3.05, 3.63) is 33.9 Å². The largest absolute Gasteiger partial charge is 0.316 e. The van der Waals surface area contributed by atoms with Crippen LogP contribution in [0.2, 0.25) is 0 Å². The van der Waals surface area contributed by atoms with E-state index >= 15 is 0 Å². The third kappa shape index (κ3) is 1.95. The second kappa shape index (κ2) is 4.57. The van der Waals surface area contributed by atoms with Crippen molar-refractivity contribution in [2.24, 2.45) is 0 Å². The van der Waals surface area contributed by atoms with Crippen LogP contribution >= 0.6 is 0 Å². The molecule has 0 aromatic carbocycles. The van der Waals surface area contributed by atoms with Crippen molar-refractivity contribution in [3.8, 4) is 0 Å². The Hall–Kier alpha value is -1.62. The molecule has 2 aromatic rings. The fourth-order valence-corrected chi connectivity index (χ4v) is 2.57. The van der Waals surface area contributed by atoms with Crippen molar-refractivity contribution in [2.45, 2.75) is 32.1 Å². The van der Waals surface area contributed by atoms with E-state index in [0.29, 0.717) is 5.92 Å². The predicted molar refractivity (Wildman–Crippen MR) is 70.0 cm³/mol. The van der Waals surface area contributed by atoms with E-state index in [1.165, 1.54) is 6.42 Å². The molecule has 5 nitrogen and oxygen atoms in total. The molecule has 96 valence electrons. The van der Waals surface area contributed by atoms with E-state index in [-0.39, 0.29) is 5.56 Å². The molecular formula is C13H18N4O. The monoisotopic (exact) mass is 246 g/mol. The lowest BCUT2D eigenvalue weighted by atomic mass is 9.96. The molecule has 0 unspecified atom stereocenters. The maximum atomic E-state index is 11.9. The number of aromatic amines is 1. The standard InChI is InChI=1S/C13H18N4O/c1-2-10-6-13(18)17-12(15-10)7-11(16-17)9-4-3-5-14-8-9/h6-7,9,14,16H,2-5,8H2,1H3/t9-/m0/s1. The summed E-state index contributed by atoms with van der Waals surface area (Å²) in [7, 11) is 0. The first-order chi connectivity index (χ1) is 8.78. The Morgan fingerprint density at radius 1 is 1.50 bits per heavy atom. The van der Waals surface area contributed by atoms with Crippen LogP contribution in [0.1, 0.15) is 37.1 Å². The van der Waals surface area contributed by atoms with Gasteiger partial charge in [-0.25, -0.2) is 9.50 Å². The Balaban J connectivity index is 2.04. The maximum Gasteiger partial charge on any atom is 0.272 e. The molecule has 18 heavy (non-hydrogen) atoms. The van der Waals surface area contributed by atoms with Crippen LogP contribution in [0.25, 0.3) is 5.65 Å². The third-order valence-electron chi connectivity index (χ3n) is 3.62. The number of fused-ring (bicyclic) bond motifs is 1. The molecule has 2 aromatic heterocycles. The Morgan fingerprint density at radius 3 is 3.11 bits per heavy atom. The Bertz CT molecular complexity index is 607. The molecule has 1 aliphatic heterocycles. The molecule has 1 aliphatic rings.